The van der Waals surface area contributed by atoms with Crippen molar-refractivity contribution < 1.29 is 4.79 Å². The molecule has 7 nitrogen and oxygen atoms in total. The highest BCUT2D eigenvalue weighted by atomic mass is 16.1. The van der Waals surface area contributed by atoms with Crippen LogP contribution in [0, 0.1) is 0 Å². The molecule has 2 aromatic rings. The van der Waals surface area contributed by atoms with E-state index in [0.29, 0.717) is 5.78 Å². The molecule has 4 fully saturated rings. The third kappa shape index (κ3) is 5.16. The molecule has 2 aromatic carbocycles. The van der Waals surface area contributed by atoms with Crippen LogP contribution >= 0.6 is 0 Å². The lowest BCUT2D eigenvalue weighted by atomic mass is 9.56. The lowest BCUT2D eigenvalue weighted by molar-refractivity contribution is -0.154. The van der Waals surface area contributed by atoms with Gasteiger partial charge in [-0.1, -0.05) is 60.7 Å². The summed E-state index contributed by atoms with van der Waals surface area (Å²) in [6, 6.07) is 21.6. The highest BCUT2D eigenvalue weighted by molar-refractivity contribution is 6.01. The Bertz CT molecular complexity index is 1120. The molecule has 0 unspecified atom stereocenters. The molecule has 4 aliphatic heterocycles. The zero-order chi connectivity index (χ0) is 29.8. The molecular weight excluding hydrogens is 520 g/mol. The van der Waals surface area contributed by atoms with E-state index in [0.717, 1.165) is 78.5 Å². The zero-order valence-electron chi connectivity index (χ0n) is 26.9. The van der Waals surface area contributed by atoms with Crippen molar-refractivity contribution in [3.63, 3.8) is 0 Å². The first kappa shape index (κ1) is 29.9. The number of hydrogen-bond donors (Lipinski definition) is 0. The molecule has 4 heterocycles. The molecule has 2 bridgehead atoms. The van der Waals surface area contributed by atoms with Crippen LogP contribution in [0.25, 0.3) is 0 Å². The van der Waals surface area contributed by atoms with E-state index in [1.54, 1.807) is 0 Å². The van der Waals surface area contributed by atoms with Gasteiger partial charge in [-0.25, -0.2) is 0 Å². The summed E-state index contributed by atoms with van der Waals surface area (Å²) in [4.78, 5) is 30.8. The van der Waals surface area contributed by atoms with Gasteiger partial charge >= 0.3 is 0 Å². The molecule has 42 heavy (non-hydrogen) atoms. The topological polar surface area (TPSA) is 36.5 Å². The minimum absolute atomic E-state index is 0.0738. The Morgan fingerprint density at radius 2 is 0.762 bits per heavy atom. The fourth-order valence-corrected chi connectivity index (χ4v) is 8.99. The van der Waals surface area contributed by atoms with Gasteiger partial charge in [-0.05, 0) is 53.2 Å². The number of hydrogen-bond acceptors (Lipinski definition) is 7. The Morgan fingerprint density at radius 1 is 0.476 bits per heavy atom. The van der Waals surface area contributed by atoms with Gasteiger partial charge in [0.2, 0.25) is 0 Å². The lowest BCUT2D eigenvalue weighted by Crippen LogP contribution is -2.79. The summed E-state index contributed by atoms with van der Waals surface area (Å²) in [7, 11) is 9.04. The molecule has 6 rings (SSSR count). The van der Waals surface area contributed by atoms with Crippen molar-refractivity contribution in [1.82, 2.24) is 29.4 Å². The fourth-order valence-electron chi connectivity index (χ4n) is 8.99. The maximum atomic E-state index is 15.4. The predicted octanol–water partition coefficient (Wildman–Crippen LogP) is 2.33. The van der Waals surface area contributed by atoms with Gasteiger partial charge in [0.25, 0.3) is 0 Å². The van der Waals surface area contributed by atoms with Gasteiger partial charge in [-0.15, -0.1) is 0 Å². The maximum absolute atomic E-state index is 15.4. The van der Waals surface area contributed by atoms with Crippen molar-refractivity contribution >= 4 is 5.78 Å². The molecule has 0 aromatic heterocycles. The van der Waals surface area contributed by atoms with Crippen LogP contribution in [0.15, 0.2) is 60.7 Å². The van der Waals surface area contributed by atoms with Crippen LogP contribution in [0.2, 0.25) is 0 Å². The number of likely N-dealkylation sites (tertiary alicyclic amines) is 2. The lowest BCUT2D eigenvalue weighted by Gasteiger charge is -2.63. The van der Waals surface area contributed by atoms with Gasteiger partial charge in [0, 0.05) is 89.6 Å². The first-order valence-corrected chi connectivity index (χ1v) is 15.9. The first-order chi connectivity index (χ1) is 20.0. The summed E-state index contributed by atoms with van der Waals surface area (Å²) in [5.41, 5.74) is 0.953. The van der Waals surface area contributed by atoms with Crippen molar-refractivity contribution in [2.45, 2.75) is 35.8 Å². The van der Waals surface area contributed by atoms with E-state index in [-0.39, 0.29) is 11.1 Å². The summed E-state index contributed by atoms with van der Waals surface area (Å²) in [5.74, 6) is 0.415. The minimum Gasteiger partial charge on any atom is -0.303 e. The molecule has 228 valence electrons. The van der Waals surface area contributed by atoms with Crippen LogP contribution in [0.5, 0.6) is 0 Å². The van der Waals surface area contributed by atoms with E-state index >= 15 is 4.79 Å². The standard InChI is InChI=1S/C35H52N6O/c1-32(21-36(3)17-18-37(4)22-32)40-25-34(29-13-9-7-10-14-29)27-41(33(2)23-38(5)19-20-39(6)24-33)28-35(26-40,31(34)42)30-15-11-8-12-16-30/h7-16H,17-28H2,1-6H3. The number of rotatable bonds is 4. The molecule has 0 amide bonds. The van der Waals surface area contributed by atoms with E-state index in [1.165, 1.54) is 11.1 Å². The Balaban J connectivity index is 1.53. The Labute approximate surface area is 254 Å². The van der Waals surface area contributed by atoms with Crippen LogP contribution in [-0.2, 0) is 15.6 Å². The average Bonchev–Trinajstić information content (AvgIpc) is 3.18. The van der Waals surface area contributed by atoms with Crippen LogP contribution in [0.3, 0.4) is 0 Å². The quantitative estimate of drug-likeness (QED) is 0.557. The summed E-state index contributed by atoms with van der Waals surface area (Å²) in [6.45, 7) is 16.2. The third-order valence-electron chi connectivity index (χ3n) is 11.1. The smallest absolute Gasteiger partial charge is 0.159 e. The molecule has 0 radical (unpaired) electrons. The maximum Gasteiger partial charge on any atom is 0.159 e. The number of ketones is 1. The molecule has 7 heteroatoms. The van der Waals surface area contributed by atoms with E-state index in [9.17, 15) is 0 Å². The Hall–Kier alpha value is -2.13. The molecule has 0 spiro atoms. The van der Waals surface area contributed by atoms with Crippen LogP contribution in [-0.4, -0.2) is 153 Å². The molecule has 0 atom stereocenters. The second-order valence-corrected chi connectivity index (χ2v) is 14.9. The summed E-state index contributed by atoms with van der Waals surface area (Å²) in [6.07, 6.45) is 0. The van der Waals surface area contributed by atoms with Crippen molar-refractivity contribution in [2.75, 3.05) is 107 Å². The highest BCUT2D eigenvalue weighted by Crippen LogP contribution is 2.49. The number of Topliss-reactive ketones (excluding diaryl/α,β-unsaturated/α-hetero) is 1. The van der Waals surface area contributed by atoms with Crippen LogP contribution in [0.1, 0.15) is 25.0 Å². The second kappa shape index (κ2) is 11.1. The fraction of sp³-hybridized carbons (Fsp3) is 0.629. The second-order valence-electron chi connectivity index (χ2n) is 14.9. The predicted molar refractivity (Wildman–Crippen MR) is 171 cm³/mol. The highest BCUT2D eigenvalue weighted by Gasteiger charge is 2.65. The van der Waals surface area contributed by atoms with Crippen LogP contribution in [0.4, 0.5) is 0 Å². The Kier molecular flexibility index (Phi) is 7.91. The largest absolute Gasteiger partial charge is 0.303 e. The molecule has 0 N–H and O–H groups in total. The van der Waals surface area contributed by atoms with Gasteiger partial charge in [-0.3, -0.25) is 14.6 Å². The first-order valence-electron chi connectivity index (χ1n) is 15.9. The molecule has 4 aliphatic rings. The van der Waals surface area contributed by atoms with Gasteiger partial charge in [0.1, 0.15) is 0 Å². The van der Waals surface area contributed by atoms with Crippen molar-refractivity contribution in [1.29, 1.82) is 0 Å². The van der Waals surface area contributed by atoms with Gasteiger partial charge < -0.3 is 19.6 Å². The number of nitrogens with zero attached hydrogens (tertiary/aromatic N) is 6. The molecule has 4 saturated heterocycles. The number of carbonyl (C=O) groups excluding carboxylic acids is 1. The SMILES string of the molecule is CN1CCN(C)CC(C)(N2CC3(c4ccccc4)CN(C4(C)CN(C)CCN(C)C4)CC(c4ccccc4)(C2)C3=O)C1. The number of likely N-dealkylation sites (N-methyl/N-ethyl adjacent to an activating group) is 4. The van der Waals surface area contributed by atoms with Gasteiger partial charge in [-0.2, -0.15) is 0 Å². The van der Waals surface area contributed by atoms with E-state index in [1.807, 2.05) is 0 Å². The summed E-state index contributed by atoms with van der Waals surface area (Å²) in [5, 5.41) is 0. The number of piperidine rings is 2. The molecule has 0 saturated carbocycles. The summed E-state index contributed by atoms with van der Waals surface area (Å²) >= 11 is 0. The van der Waals surface area contributed by atoms with Crippen molar-refractivity contribution in [3.8, 4) is 0 Å². The normalized spacial score (nSPS) is 32.4. The zero-order valence-corrected chi connectivity index (χ0v) is 26.9. The van der Waals surface area contributed by atoms with Crippen molar-refractivity contribution in [2.24, 2.45) is 0 Å². The molecular formula is C35H52N6O. The number of benzene rings is 2. The van der Waals surface area contributed by atoms with Crippen LogP contribution < -0.4 is 0 Å². The number of fused-ring (bicyclic) bond motifs is 2. The minimum atomic E-state index is -0.619. The van der Waals surface area contributed by atoms with Gasteiger partial charge in [0.05, 0.1) is 10.8 Å². The van der Waals surface area contributed by atoms with E-state index in [4.69, 9.17) is 0 Å². The Morgan fingerprint density at radius 3 is 1.05 bits per heavy atom. The van der Waals surface area contributed by atoms with Crippen molar-refractivity contribution in [3.05, 3.63) is 71.8 Å². The van der Waals surface area contributed by atoms with E-state index < -0.39 is 10.8 Å². The third-order valence-corrected chi connectivity index (χ3v) is 11.1. The number of carbonyl (C=O) groups is 1. The van der Waals surface area contributed by atoms with Gasteiger partial charge in [0.15, 0.2) is 5.78 Å². The van der Waals surface area contributed by atoms with E-state index in [2.05, 4.69) is 132 Å². The average molecular weight is 573 g/mol. The summed E-state index contributed by atoms with van der Waals surface area (Å²) < 4.78 is 0. The monoisotopic (exact) mass is 572 g/mol. The molecule has 0 aliphatic carbocycles.